The first-order chi connectivity index (χ1) is 7.18. The van der Waals surface area contributed by atoms with E-state index < -0.39 is 0 Å². The Morgan fingerprint density at radius 1 is 1.40 bits per heavy atom. The molecule has 0 saturated heterocycles. The SMILES string of the molecule is CCC1(C(O)c2ccc(C)s2)CCCC1. The molecule has 2 heteroatoms. The molecule has 0 aromatic carbocycles. The van der Waals surface area contributed by atoms with Crippen molar-refractivity contribution in [3.8, 4) is 0 Å². The van der Waals surface area contributed by atoms with Crippen molar-refractivity contribution in [2.45, 2.75) is 52.1 Å². The Balaban J connectivity index is 2.21. The molecule has 1 aliphatic carbocycles. The van der Waals surface area contributed by atoms with E-state index in [0.29, 0.717) is 0 Å². The van der Waals surface area contributed by atoms with Gasteiger partial charge >= 0.3 is 0 Å². The van der Waals surface area contributed by atoms with Gasteiger partial charge in [0.2, 0.25) is 0 Å². The minimum absolute atomic E-state index is 0.178. The van der Waals surface area contributed by atoms with Gasteiger partial charge in [-0.25, -0.2) is 0 Å². The molecule has 1 atom stereocenters. The second-order valence-electron chi connectivity index (χ2n) is 4.77. The Morgan fingerprint density at radius 2 is 2.07 bits per heavy atom. The minimum atomic E-state index is -0.233. The lowest BCUT2D eigenvalue weighted by molar-refractivity contribution is 0.0265. The quantitative estimate of drug-likeness (QED) is 0.821. The third kappa shape index (κ3) is 1.98. The molecule has 0 radical (unpaired) electrons. The summed E-state index contributed by atoms with van der Waals surface area (Å²) in [6.45, 7) is 4.32. The van der Waals surface area contributed by atoms with Gasteiger partial charge in [0, 0.05) is 15.2 Å². The maximum atomic E-state index is 10.5. The van der Waals surface area contributed by atoms with Crippen molar-refractivity contribution in [2.24, 2.45) is 5.41 Å². The normalized spacial score (nSPS) is 21.8. The molecule has 15 heavy (non-hydrogen) atoms. The molecular formula is C13H20OS. The van der Waals surface area contributed by atoms with Gasteiger partial charge < -0.3 is 5.11 Å². The number of hydrogen-bond donors (Lipinski definition) is 1. The van der Waals surface area contributed by atoms with E-state index in [1.807, 2.05) is 0 Å². The third-order valence-corrected chi connectivity index (χ3v) is 4.97. The summed E-state index contributed by atoms with van der Waals surface area (Å²) >= 11 is 1.75. The maximum absolute atomic E-state index is 10.5. The fourth-order valence-electron chi connectivity index (χ4n) is 2.80. The highest BCUT2D eigenvalue weighted by atomic mass is 32.1. The summed E-state index contributed by atoms with van der Waals surface area (Å²) < 4.78 is 0. The highest BCUT2D eigenvalue weighted by molar-refractivity contribution is 7.12. The van der Waals surface area contributed by atoms with Gasteiger partial charge in [-0.15, -0.1) is 11.3 Å². The van der Waals surface area contributed by atoms with E-state index in [0.717, 1.165) is 11.3 Å². The minimum Gasteiger partial charge on any atom is -0.387 e. The number of aliphatic hydroxyl groups excluding tert-OH is 1. The van der Waals surface area contributed by atoms with Crippen LogP contribution in [0.15, 0.2) is 12.1 Å². The Labute approximate surface area is 96.1 Å². The highest BCUT2D eigenvalue weighted by Gasteiger charge is 2.40. The lowest BCUT2D eigenvalue weighted by atomic mass is 9.77. The molecule has 0 bridgehead atoms. The van der Waals surface area contributed by atoms with E-state index in [9.17, 15) is 5.11 Å². The van der Waals surface area contributed by atoms with Gasteiger partial charge in [-0.1, -0.05) is 19.8 Å². The van der Waals surface area contributed by atoms with Crippen molar-refractivity contribution < 1.29 is 5.11 Å². The molecule has 0 amide bonds. The van der Waals surface area contributed by atoms with Crippen LogP contribution in [-0.4, -0.2) is 5.11 Å². The summed E-state index contributed by atoms with van der Waals surface area (Å²) in [7, 11) is 0. The fraction of sp³-hybridized carbons (Fsp3) is 0.692. The second-order valence-corrected chi connectivity index (χ2v) is 6.09. The molecule has 1 N–H and O–H groups in total. The molecule has 1 nitrogen and oxygen atoms in total. The van der Waals surface area contributed by atoms with E-state index in [2.05, 4.69) is 26.0 Å². The van der Waals surface area contributed by atoms with Crippen molar-refractivity contribution >= 4 is 11.3 Å². The topological polar surface area (TPSA) is 20.2 Å². The van der Waals surface area contributed by atoms with Crippen LogP contribution in [0.5, 0.6) is 0 Å². The van der Waals surface area contributed by atoms with Crippen molar-refractivity contribution in [2.75, 3.05) is 0 Å². The third-order valence-electron chi connectivity index (χ3n) is 3.91. The zero-order valence-corrected chi connectivity index (χ0v) is 10.4. The highest BCUT2D eigenvalue weighted by Crippen LogP contribution is 2.50. The first-order valence-electron chi connectivity index (χ1n) is 5.92. The van der Waals surface area contributed by atoms with Crippen LogP contribution in [0, 0.1) is 12.3 Å². The largest absolute Gasteiger partial charge is 0.387 e. The molecule has 1 aromatic heterocycles. The fourth-order valence-corrected chi connectivity index (χ4v) is 3.81. The molecule has 1 saturated carbocycles. The molecule has 1 heterocycles. The van der Waals surface area contributed by atoms with Crippen LogP contribution >= 0.6 is 11.3 Å². The molecule has 84 valence electrons. The lowest BCUT2D eigenvalue weighted by Crippen LogP contribution is -2.24. The first-order valence-corrected chi connectivity index (χ1v) is 6.74. The summed E-state index contributed by atoms with van der Waals surface area (Å²) in [6, 6.07) is 4.21. The molecule has 1 unspecified atom stereocenters. The van der Waals surface area contributed by atoms with Crippen molar-refractivity contribution in [1.29, 1.82) is 0 Å². The molecule has 0 aliphatic heterocycles. The summed E-state index contributed by atoms with van der Waals surface area (Å²) in [4.78, 5) is 2.46. The molecule has 1 aromatic rings. The van der Waals surface area contributed by atoms with Gasteiger partial charge in [0.25, 0.3) is 0 Å². The van der Waals surface area contributed by atoms with E-state index >= 15 is 0 Å². The van der Waals surface area contributed by atoms with Crippen LogP contribution in [0.4, 0.5) is 0 Å². The van der Waals surface area contributed by atoms with E-state index in [-0.39, 0.29) is 11.5 Å². The van der Waals surface area contributed by atoms with E-state index in [1.165, 1.54) is 30.6 Å². The van der Waals surface area contributed by atoms with Crippen LogP contribution in [0.2, 0.25) is 0 Å². The molecule has 1 fully saturated rings. The predicted molar refractivity (Wildman–Crippen MR) is 65.2 cm³/mol. The summed E-state index contributed by atoms with van der Waals surface area (Å²) in [5, 5.41) is 10.5. The lowest BCUT2D eigenvalue weighted by Gasteiger charge is -2.32. The van der Waals surface area contributed by atoms with Gasteiger partial charge in [-0.05, 0) is 38.3 Å². The van der Waals surface area contributed by atoms with Gasteiger partial charge in [-0.3, -0.25) is 0 Å². The van der Waals surface area contributed by atoms with Crippen LogP contribution in [-0.2, 0) is 0 Å². The smallest absolute Gasteiger partial charge is 0.0937 e. The zero-order valence-electron chi connectivity index (χ0n) is 9.62. The Kier molecular flexibility index (Phi) is 3.17. The molecule has 1 aliphatic rings. The van der Waals surface area contributed by atoms with Gasteiger partial charge in [0.1, 0.15) is 0 Å². The average molecular weight is 224 g/mol. The predicted octanol–water partition coefficient (Wildman–Crippen LogP) is 4.06. The maximum Gasteiger partial charge on any atom is 0.0937 e. The Hall–Kier alpha value is -0.340. The van der Waals surface area contributed by atoms with Gasteiger partial charge in [0.05, 0.1) is 6.10 Å². The zero-order chi connectivity index (χ0) is 10.9. The number of rotatable bonds is 3. The first kappa shape index (κ1) is 11.2. The van der Waals surface area contributed by atoms with Crippen LogP contribution in [0.3, 0.4) is 0 Å². The summed E-state index contributed by atoms with van der Waals surface area (Å²) in [5.41, 5.74) is 0.178. The number of aryl methyl sites for hydroxylation is 1. The molecule has 2 rings (SSSR count). The monoisotopic (exact) mass is 224 g/mol. The van der Waals surface area contributed by atoms with E-state index in [1.54, 1.807) is 11.3 Å². The van der Waals surface area contributed by atoms with Crippen molar-refractivity contribution in [3.63, 3.8) is 0 Å². The second kappa shape index (κ2) is 4.26. The molecule has 0 spiro atoms. The van der Waals surface area contributed by atoms with E-state index in [4.69, 9.17) is 0 Å². The van der Waals surface area contributed by atoms with Crippen molar-refractivity contribution in [3.05, 3.63) is 21.9 Å². The van der Waals surface area contributed by atoms with Gasteiger partial charge in [-0.2, -0.15) is 0 Å². The van der Waals surface area contributed by atoms with Crippen LogP contribution < -0.4 is 0 Å². The Bertz CT molecular complexity index is 323. The summed E-state index contributed by atoms with van der Waals surface area (Å²) in [5.74, 6) is 0. The standard InChI is InChI=1S/C13H20OS/c1-3-13(8-4-5-9-13)12(14)11-7-6-10(2)15-11/h6-7,12,14H,3-5,8-9H2,1-2H3. The Morgan fingerprint density at radius 3 is 2.53 bits per heavy atom. The van der Waals surface area contributed by atoms with Crippen molar-refractivity contribution in [1.82, 2.24) is 0 Å². The van der Waals surface area contributed by atoms with Crippen LogP contribution in [0.25, 0.3) is 0 Å². The number of thiophene rings is 1. The van der Waals surface area contributed by atoms with Crippen LogP contribution in [0.1, 0.15) is 54.9 Å². The van der Waals surface area contributed by atoms with Gasteiger partial charge in [0.15, 0.2) is 0 Å². The number of aliphatic hydroxyl groups is 1. The molecular weight excluding hydrogens is 204 g/mol. The summed E-state index contributed by atoms with van der Waals surface area (Å²) in [6.07, 6.45) is 5.84. The number of hydrogen-bond acceptors (Lipinski definition) is 2. The average Bonchev–Trinajstić information content (AvgIpc) is 2.86.